The molecule has 2 aromatic rings. The molecule has 0 bridgehead atoms. The Morgan fingerprint density at radius 3 is 2.12 bits per heavy atom. The second-order valence-electron chi connectivity index (χ2n) is 7.99. The summed E-state index contributed by atoms with van der Waals surface area (Å²) in [5, 5.41) is 10.5. The Morgan fingerprint density at radius 2 is 1.56 bits per heavy atom. The molecular formula is C23H33NO. The highest BCUT2D eigenvalue weighted by Gasteiger charge is 2.33. The van der Waals surface area contributed by atoms with E-state index in [0.29, 0.717) is 17.6 Å². The summed E-state index contributed by atoms with van der Waals surface area (Å²) in [6, 6.07) is 16.3. The molecule has 0 amide bonds. The molecule has 1 atom stereocenters. The van der Waals surface area contributed by atoms with Crippen LogP contribution >= 0.6 is 0 Å². The number of phenols is 1. The molecule has 0 aliphatic rings. The van der Waals surface area contributed by atoms with E-state index in [0.717, 1.165) is 18.4 Å². The lowest BCUT2D eigenvalue weighted by Crippen LogP contribution is -2.50. The molecule has 3 N–H and O–H groups in total. The molecule has 2 rings (SSSR count). The highest BCUT2D eigenvalue weighted by atomic mass is 16.3. The van der Waals surface area contributed by atoms with E-state index in [4.69, 9.17) is 5.73 Å². The van der Waals surface area contributed by atoms with Gasteiger partial charge in [-0.15, -0.1) is 0 Å². The van der Waals surface area contributed by atoms with Crippen LogP contribution in [-0.2, 0) is 0 Å². The zero-order valence-corrected chi connectivity index (χ0v) is 16.3. The van der Waals surface area contributed by atoms with Gasteiger partial charge in [0.15, 0.2) is 0 Å². The van der Waals surface area contributed by atoms with Crippen molar-refractivity contribution in [1.82, 2.24) is 0 Å². The zero-order valence-electron chi connectivity index (χ0n) is 16.3. The molecule has 136 valence electrons. The van der Waals surface area contributed by atoms with E-state index in [2.05, 4.69) is 65.0 Å². The van der Waals surface area contributed by atoms with Crippen molar-refractivity contribution in [3.8, 4) is 5.75 Å². The average molecular weight is 340 g/mol. The first kappa shape index (κ1) is 19.5. The highest BCUT2D eigenvalue weighted by Crippen LogP contribution is 2.39. The molecule has 0 heterocycles. The average Bonchev–Trinajstić information content (AvgIpc) is 2.58. The van der Waals surface area contributed by atoms with Gasteiger partial charge in [0.1, 0.15) is 5.75 Å². The van der Waals surface area contributed by atoms with Crippen molar-refractivity contribution in [1.29, 1.82) is 0 Å². The second kappa shape index (κ2) is 8.05. The maximum Gasteiger partial charge on any atom is 0.119 e. The first-order valence-electron chi connectivity index (χ1n) is 9.39. The van der Waals surface area contributed by atoms with Gasteiger partial charge in [0.2, 0.25) is 0 Å². The Morgan fingerprint density at radius 1 is 0.960 bits per heavy atom. The predicted octanol–water partition coefficient (Wildman–Crippen LogP) is 5.62. The molecule has 0 aromatic heterocycles. The van der Waals surface area contributed by atoms with Gasteiger partial charge >= 0.3 is 0 Å². The molecule has 0 fully saturated rings. The lowest BCUT2D eigenvalue weighted by Gasteiger charge is -2.39. The minimum atomic E-state index is -0.202. The number of hydrogen-bond donors (Lipinski definition) is 2. The summed E-state index contributed by atoms with van der Waals surface area (Å²) in [4.78, 5) is 0. The van der Waals surface area contributed by atoms with E-state index in [-0.39, 0.29) is 11.5 Å². The molecule has 2 nitrogen and oxygen atoms in total. The van der Waals surface area contributed by atoms with Gasteiger partial charge in [-0.05, 0) is 43.2 Å². The van der Waals surface area contributed by atoms with Crippen molar-refractivity contribution in [3.05, 3.63) is 65.2 Å². The first-order chi connectivity index (χ1) is 11.8. The van der Waals surface area contributed by atoms with E-state index in [9.17, 15) is 5.11 Å². The van der Waals surface area contributed by atoms with E-state index >= 15 is 0 Å². The normalized spacial score (nSPS) is 13.4. The van der Waals surface area contributed by atoms with Crippen LogP contribution in [0.25, 0.3) is 0 Å². The fourth-order valence-corrected chi connectivity index (χ4v) is 3.78. The number of rotatable bonds is 7. The maximum atomic E-state index is 10.5. The smallest absolute Gasteiger partial charge is 0.119 e. The molecule has 0 aliphatic heterocycles. The molecule has 1 unspecified atom stereocenters. The van der Waals surface area contributed by atoms with Crippen LogP contribution in [0.5, 0.6) is 5.75 Å². The third kappa shape index (κ3) is 4.43. The number of aryl methyl sites for hydroxylation is 1. The summed E-state index contributed by atoms with van der Waals surface area (Å²) in [5.41, 5.74) is 9.99. The van der Waals surface area contributed by atoms with Gasteiger partial charge in [-0.2, -0.15) is 0 Å². The largest absolute Gasteiger partial charge is 0.508 e. The standard InChI is InChI=1S/C23H33NO/c1-16(2)23(24,17(3)4)14-13-20(19-9-7-6-8-10-19)21-15-18(5)11-12-22(21)25/h6-12,15-17,20,25H,13-14,24H2,1-5H3. The number of benzene rings is 2. The Bertz CT molecular complexity index is 668. The van der Waals surface area contributed by atoms with Crippen molar-refractivity contribution in [3.63, 3.8) is 0 Å². The third-order valence-corrected chi connectivity index (χ3v) is 5.78. The number of phenolic OH excluding ortho intramolecular Hbond substituents is 1. The van der Waals surface area contributed by atoms with E-state index in [1.165, 1.54) is 11.1 Å². The summed E-state index contributed by atoms with van der Waals surface area (Å²) < 4.78 is 0. The number of hydrogen-bond acceptors (Lipinski definition) is 2. The van der Waals surface area contributed by atoms with Gasteiger partial charge in [-0.3, -0.25) is 0 Å². The van der Waals surface area contributed by atoms with Crippen LogP contribution < -0.4 is 5.73 Å². The summed E-state index contributed by atoms with van der Waals surface area (Å²) >= 11 is 0. The third-order valence-electron chi connectivity index (χ3n) is 5.78. The van der Waals surface area contributed by atoms with Gasteiger partial charge in [0.05, 0.1) is 0 Å². The van der Waals surface area contributed by atoms with Crippen LogP contribution in [0.1, 0.15) is 63.1 Å². The molecule has 25 heavy (non-hydrogen) atoms. The molecule has 2 aromatic carbocycles. The minimum Gasteiger partial charge on any atom is -0.508 e. The summed E-state index contributed by atoms with van der Waals surface area (Å²) in [7, 11) is 0. The monoisotopic (exact) mass is 339 g/mol. The van der Waals surface area contributed by atoms with Crippen molar-refractivity contribution >= 4 is 0 Å². The molecule has 0 saturated heterocycles. The fraction of sp³-hybridized carbons (Fsp3) is 0.478. The highest BCUT2D eigenvalue weighted by molar-refractivity contribution is 5.43. The van der Waals surface area contributed by atoms with Crippen LogP contribution in [-0.4, -0.2) is 10.6 Å². The summed E-state index contributed by atoms with van der Waals surface area (Å²) in [6.45, 7) is 10.9. The van der Waals surface area contributed by atoms with Crippen molar-refractivity contribution < 1.29 is 5.11 Å². The molecule has 0 aliphatic carbocycles. The second-order valence-corrected chi connectivity index (χ2v) is 7.99. The fourth-order valence-electron chi connectivity index (χ4n) is 3.78. The van der Waals surface area contributed by atoms with Gasteiger partial charge in [0.25, 0.3) is 0 Å². The van der Waals surface area contributed by atoms with Crippen LogP contribution in [0.2, 0.25) is 0 Å². The molecule has 0 saturated carbocycles. The molecular weight excluding hydrogens is 306 g/mol. The van der Waals surface area contributed by atoms with E-state index in [1.54, 1.807) is 6.07 Å². The first-order valence-corrected chi connectivity index (χ1v) is 9.39. The maximum absolute atomic E-state index is 10.5. The minimum absolute atomic E-state index is 0.154. The van der Waals surface area contributed by atoms with Crippen LogP contribution in [0.4, 0.5) is 0 Å². The zero-order chi connectivity index (χ0) is 18.6. The van der Waals surface area contributed by atoms with Gasteiger partial charge in [-0.25, -0.2) is 0 Å². The lowest BCUT2D eigenvalue weighted by molar-refractivity contribution is 0.201. The van der Waals surface area contributed by atoms with Gasteiger partial charge in [-0.1, -0.05) is 75.7 Å². The van der Waals surface area contributed by atoms with Crippen LogP contribution in [0, 0.1) is 18.8 Å². The van der Waals surface area contributed by atoms with E-state index in [1.807, 2.05) is 12.1 Å². The Kier molecular flexibility index (Phi) is 6.29. The van der Waals surface area contributed by atoms with Crippen molar-refractivity contribution in [2.45, 2.75) is 58.9 Å². The Labute approximate surface area is 153 Å². The topological polar surface area (TPSA) is 46.2 Å². The van der Waals surface area contributed by atoms with Crippen molar-refractivity contribution in [2.75, 3.05) is 0 Å². The van der Waals surface area contributed by atoms with Crippen molar-refractivity contribution in [2.24, 2.45) is 17.6 Å². The quantitative estimate of drug-likeness (QED) is 0.687. The number of nitrogens with two attached hydrogens (primary N) is 1. The van der Waals surface area contributed by atoms with Gasteiger partial charge in [0, 0.05) is 17.0 Å². The SMILES string of the molecule is Cc1ccc(O)c(C(CCC(N)(C(C)C)C(C)C)c2ccccc2)c1. The Balaban J connectivity index is 2.38. The number of aromatic hydroxyl groups is 1. The van der Waals surface area contributed by atoms with Crippen LogP contribution in [0.15, 0.2) is 48.5 Å². The molecule has 0 spiro atoms. The lowest BCUT2D eigenvalue weighted by atomic mass is 9.72. The molecule has 0 radical (unpaired) electrons. The summed E-state index contributed by atoms with van der Waals surface area (Å²) in [5.74, 6) is 1.35. The van der Waals surface area contributed by atoms with E-state index < -0.39 is 0 Å². The van der Waals surface area contributed by atoms with Gasteiger partial charge < -0.3 is 10.8 Å². The summed E-state index contributed by atoms with van der Waals surface area (Å²) in [6.07, 6.45) is 1.85. The molecule has 2 heteroatoms. The Hall–Kier alpha value is -1.80. The predicted molar refractivity (Wildman–Crippen MR) is 107 cm³/mol. The van der Waals surface area contributed by atoms with Crippen LogP contribution in [0.3, 0.4) is 0 Å².